The minimum atomic E-state index is -0.450. The fourth-order valence-electron chi connectivity index (χ4n) is 1.61. The number of hydrogen-bond donors (Lipinski definition) is 3. The molecule has 0 bridgehead atoms. The van der Waals surface area contributed by atoms with Crippen LogP contribution >= 0.6 is 23.1 Å². The van der Waals surface area contributed by atoms with E-state index in [0.29, 0.717) is 16.0 Å². The molecule has 0 aliphatic heterocycles. The van der Waals surface area contributed by atoms with E-state index >= 15 is 0 Å². The summed E-state index contributed by atoms with van der Waals surface area (Å²) in [5.74, 6) is -0.450. The highest BCUT2D eigenvalue weighted by molar-refractivity contribution is 7.99. The summed E-state index contributed by atoms with van der Waals surface area (Å²) in [4.78, 5) is 12.6. The zero-order chi connectivity index (χ0) is 12.6. The van der Waals surface area contributed by atoms with Crippen molar-refractivity contribution in [1.29, 1.82) is 0 Å². The lowest BCUT2D eigenvalue weighted by molar-refractivity contribution is 0.100. The quantitative estimate of drug-likeness (QED) is 0.718. The highest BCUT2D eigenvalue weighted by Gasteiger charge is 2.37. The van der Waals surface area contributed by atoms with Crippen LogP contribution in [-0.4, -0.2) is 18.7 Å². The number of rotatable bonds is 5. The molecule has 6 heteroatoms. The van der Waals surface area contributed by atoms with Crippen molar-refractivity contribution in [3.8, 4) is 0 Å². The number of anilines is 2. The van der Waals surface area contributed by atoms with E-state index in [0.717, 1.165) is 16.4 Å². The molecule has 1 saturated carbocycles. The first-order valence-corrected chi connectivity index (χ1v) is 7.51. The predicted octanol–water partition coefficient (Wildman–Crippen LogP) is 2.36. The van der Waals surface area contributed by atoms with Gasteiger partial charge in [0.1, 0.15) is 9.88 Å². The third kappa shape index (κ3) is 2.52. The van der Waals surface area contributed by atoms with E-state index in [1.807, 2.05) is 6.26 Å². The van der Waals surface area contributed by atoms with Crippen molar-refractivity contribution in [1.82, 2.24) is 0 Å². The Morgan fingerprint density at radius 2 is 2.24 bits per heavy atom. The molecule has 1 amide bonds. The van der Waals surface area contributed by atoms with E-state index in [-0.39, 0.29) is 0 Å². The van der Waals surface area contributed by atoms with Crippen LogP contribution in [0, 0.1) is 5.41 Å². The largest absolute Gasteiger partial charge is 0.396 e. The fourth-order valence-corrected chi connectivity index (χ4v) is 3.50. The summed E-state index contributed by atoms with van der Waals surface area (Å²) in [6.45, 7) is 3.18. The third-order valence-electron chi connectivity index (χ3n) is 3.11. The highest BCUT2D eigenvalue weighted by atomic mass is 32.2. The zero-order valence-corrected chi connectivity index (χ0v) is 11.6. The van der Waals surface area contributed by atoms with Crippen molar-refractivity contribution >= 4 is 39.7 Å². The summed E-state index contributed by atoms with van der Waals surface area (Å²) in [6.07, 6.45) is 4.48. The normalized spacial score (nSPS) is 16.8. The standard InChI is InChI=1S/C11H17N3OS2/c1-11(3-4-11)5-14-10-8(16-2)6(12)7(17-10)9(13)15/h14H,3-5,12H2,1-2H3,(H2,13,15). The zero-order valence-electron chi connectivity index (χ0n) is 10.0. The Balaban J connectivity index is 2.20. The molecule has 4 nitrogen and oxygen atoms in total. The molecule has 1 aliphatic carbocycles. The van der Waals surface area contributed by atoms with Crippen LogP contribution in [0.15, 0.2) is 4.90 Å². The van der Waals surface area contributed by atoms with Crippen LogP contribution in [0.5, 0.6) is 0 Å². The van der Waals surface area contributed by atoms with Gasteiger partial charge < -0.3 is 16.8 Å². The van der Waals surface area contributed by atoms with Gasteiger partial charge in [-0.25, -0.2) is 0 Å². The van der Waals surface area contributed by atoms with Gasteiger partial charge in [0.15, 0.2) is 0 Å². The maximum atomic E-state index is 11.2. The molecule has 0 saturated heterocycles. The fraction of sp³-hybridized carbons (Fsp3) is 0.545. The van der Waals surface area contributed by atoms with Crippen LogP contribution < -0.4 is 16.8 Å². The van der Waals surface area contributed by atoms with Crippen molar-refractivity contribution in [3.63, 3.8) is 0 Å². The molecular weight excluding hydrogens is 254 g/mol. The lowest BCUT2D eigenvalue weighted by Gasteiger charge is -2.10. The number of hydrogen-bond acceptors (Lipinski definition) is 5. The van der Waals surface area contributed by atoms with E-state index in [4.69, 9.17) is 11.5 Å². The Bertz CT molecular complexity index is 452. The monoisotopic (exact) mass is 271 g/mol. The number of nitrogens with two attached hydrogens (primary N) is 2. The van der Waals surface area contributed by atoms with Crippen LogP contribution in [0.3, 0.4) is 0 Å². The molecule has 0 unspecified atom stereocenters. The second kappa shape index (κ2) is 4.42. The summed E-state index contributed by atoms with van der Waals surface area (Å²) in [7, 11) is 0. The molecule has 1 aromatic rings. The van der Waals surface area contributed by atoms with Gasteiger partial charge >= 0.3 is 0 Å². The van der Waals surface area contributed by atoms with Crippen molar-refractivity contribution in [2.75, 3.05) is 23.9 Å². The molecule has 94 valence electrons. The average molecular weight is 271 g/mol. The predicted molar refractivity (Wildman–Crippen MR) is 74.9 cm³/mol. The third-order valence-corrected chi connectivity index (χ3v) is 5.25. The summed E-state index contributed by atoms with van der Waals surface area (Å²) < 4.78 is 0. The molecule has 17 heavy (non-hydrogen) atoms. The van der Waals surface area contributed by atoms with Crippen LogP contribution in [0.4, 0.5) is 10.7 Å². The number of carbonyl (C=O) groups is 1. The average Bonchev–Trinajstić information content (AvgIpc) is 2.90. The summed E-state index contributed by atoms with van der Waals surface area (Å²) in [5.41, 5.74) is 12.1. The Hall–Kier alpha value is -0.880. The highest BCUT2D eigenvalue weighted by Crippen LogP contribution is 2.47. The van der Waals surface area contributed by atoms with Gasteiger partial charge in [-0.1, -0.05) is 6.92 Å². The molecule has 1 heterocycles. The Morgan fingerprint density at radius 3 is 2.71 bits per heavy atom. The first kappa shape index (κ1) is 12.6. The van der Waals surface area contributed by atoms with Gasteiger partial charge in [0.25, 0.3) is 5.91 Å². The molecule has 0 atom stereocenters. The van der Waals surface area contributed by atoms with Crippen molar-refractivity contribution in [3.05, 3.63) is 4.88 Å². The Labute approximate surface area is 109 Å². The smallest absolute Gasteiger partial charge is 0.261 e. The van der Waals surface area contributed by atoms with E-state index in [1.165, 1.54) is 24.2 Å². The van der Waals surface area contributed by atoms with Gasteiger partial charge in [-0.05, 0) is 24.5 Å². The molecule has 0 radical (unpaired) electrons. The van der Waals surface area contributed by atoms with Gasteiger partial charge in [-0.3, -0.25) is 4.79 Å². The minimum Gasteiger partial charge on any atom is -0.396 e. The number of amides is 1. The first-order chi connectivity index (χ1) is 7.97. The topological polar surface area (TPSA) is 81.1 Å². The van der Waals surface area contributed by atoms with E-state index in [1.54, 1.807) is 11.8 Å². The van der Waals surface area contributed by atoms with Crippen LogP contribution in [0.1, 0.15) is 29.4 Å². The van der Waals surface area contributed by atoms with Gasteiger partial charge in [-0.2, -0.15) is 0 Å². The maximum Gasteiger partial charge on any atom is 0.261 e. The second-order valence-corrected chi connectivity index (χ2v) is 6.57. The molecule has 2 rings (SSSR count). The molecule has 1 aliphatic rings. The second-order valence-electron chi connectivity index (χ2n) is 4.74. The van der Waals surface area contributed by atoms with Crippen molar-refractivity contribution in [2.24, 2.45) is 11.1 Å². The maximum absolute atomic E-state index is 11.2. The van der Waals surface area contributed by atoms with Crippen molar-refractivity contribution < 1.29 is 4.79 Å². The summed E-state index contributed by atoms with van der Waals surface area (Å²) in [5, 5.41) is 4.36. The lowest BCUT2D eigenvalue weighted by Crippen LogP contribution is -2.11. The molecule has 0 spiro atoms. The van der Waals surface area contributed by atoms with Crippen LogP contribution in [0.25, 0.3) is 0 Å². The number of nitrogens with one attached hydrogen (secondary N) is 1. The SMILES string of the molecule is CSc1c(NCC2(C)CC2)sc(C(N)=O)c1N. The van der Waals surface area contributed by atoms with Crippen molar-refractivity contribution in [2.45, 2.75) is 24.7 Å². The Kier molecular flexibility index (Phi) is 3.27. The van der Waals surface area contributed by atoms with Gasteiger partial charge in [0, 0.05) is 6.54 Å². The molecular formula is C11H17N3OS2. The van der Waals surface area contributed by atoms with Gasteiger partial charge in [-0.15, -0.1) is 23.1 Å². The number of nitrogen functional groups attached to an aromatic ring is 1. The van der Waals surface area contributed by atoms with Gasteiger partial charge in [0.2, 0.25) is 0 Å². The summed E-state index contributed by atoms with van der Waals surface area (Å²) in [6, 6.07) is 0. The first-order valence-electron chi connectivity index (χ1n) is 5.47. The minimum absolute atomic E-state index is 0.418. The Morgan fingerprint density at radius 1 is 1.59 bits per heavy atom. The summed E-state index contributed by atoms with van der Waals surface area (Å²) >= 11 is 2.90. The number of primary amides is 1. The molecule has 1 aromatic heterocycles. The number of thiophene rings is 1. The van der Waals surface area contributed by atoms with E-state index in [9.17, 15) is 4.79 Å². The molecule has 5 N–H and O–H groups in total. The van der Waals surface area contributed by atoms with E-state index in [2.05, 4.69) is 12.2 Å². The van der Waals surface area contributed by atoms with Crippen LogP contribution in [0.2, 0.25) is 0 Å². The van der Waals surface area contributed by atoms with Crippen LogP contribution in [-0.2, 0) is 0 Å². The number of carbonyl (C=O) groups excluding carboxylic acids is 1. The van der Waals surface area contributed by atoms with E-state index < -0.39 is 5.91 Å². The number of thioether (sulfide) groups is 1. The lowest BCUT2D eigenvalue weighted by atomic mass is 10.1. The molecule has 0 aromatic carbocycles. The molecule has 1 fully saturated rings. The van der Waals surface area contributed by atoms with Gasteiger partial charge in [0.05, 0.1) is 10.6 Å².